The first kappa shape index (κ1) is 15.3. The highest BCUT2D eigenvalue weighted by Crippen LogP contribution is 2.31. The molecule has 5 nitrogen and oxygen atoms in total. The molecule has 0 bridgehead atoms. The Balaban J connectivity index is 2.87. The van der Waals surface area contributed by atoms with E-state index in [-0.39, 0.29) is 6.61 Å². The summed E-state index contributed by atoms with van der Waals surface area (Å²) in [6.45, 7) is 4.87. The second kappa shape index (κ2) is 5.93. The van der Waals surface area contributed by atoms with Gasteiger partial charge in [-0.25, -0.2) is 0 Å². The Kier molecular flexibility index (Phi) is 4.78. The van der Waals surface area contributed by atoms with Gasteiger partial charge in [-0.05, 0) is 38.5 Å². The lowest BCUT2D eigenvalue weighted by Crippen LogP contribution is -2.30. The van der Waals surface area contributed by atoms with Crippen molar-refractivity contribution in [3.63, 3.8) is 0 Å². The van der Waals surface area contributed by atoms with Crippen molar-refractivity contribution >= 4 is 5.97 Å². The molecular formula is C14H20O5. The Hall–Kier alpha value is -1.75. The Bertz CT molecular complexity index is 451. The second-order valence-corrected chi connectivity index (χ2v) is 5.06. The summed E-state index contributed by atoms with van der Waals surface area (Å²) >= 11 is 0. The van der Waals surface area contributed by atoms with Crippen molar-refractivity contribution in [3.8, 4) is 11.5 Å². The van der Waals surface area contributed by atoms with Gasteiger partial charge in [-0.2, -0.15) is 0 Å². The lowest BCUT2D eigenvalue weighted by atomic mass is 9.95. The first-order valence-corrected chi connectivity index (χ1v) is 6.00. The zero-order chi connectivity index (χ0) is 14.6. The van der Waals surface area contributed by atoms with E-state index in [0.29, 0.717) is 17.1 Å². The predicted molar refractivity (Wildman–Crippen MR) is 70.5 cm³/mol. The maximum atomic E-state index is 11.0. The van der Waals surface area contributed by atoms with E-state index in [0.717, 1.165) is 0 Å². The van der Waals surface area contributed by atoms with E-state index in [1.165, 1.54) is 7.11 Å². The van der Waals surface area contributed by atoms with Crippen molar-refractivity contribution in [3.05, 3.63) is 23.8 Å². The number of aliphatic hydroxyl groups is 1. The van der Waals surface area contributed by atoms with E-state index in [4.69, 9.17) is 14.6 Å². The summed E-state index contributed by atoms with van der Waals surface area (Å²) in [6.07, 6.45) is -0.599. The lowest BCUT2D eigenvalue weighted by Gasteiger charge is -2.21. The van der Waals surface area contributed by atoms with E-state index in [9.17, 15) is 9.90 Å². The molecule has 1 atom stereocenters. The van der Waals surface area contributed by atoms with E-state index >= 15 is 0 Å². The first-order valence-electron chi connectivity index (χ1n) is 6.00. The molecule has 0 radical (unpaired) electrons. The average molecular weight is 268 g/mol. The van der Waals surface area contributed by atoms with Crippen LogP contribution < -0.4 is 9.47 Å². The highest BCUT2D eigenvalue weighted by Gasteiger charge is 2.28. The van der Waals surface area contributed by atoms with Crippen LogP contribution in [0.15, 0.2) is 18.2 Å². The Labute approximate surface area is 112 Å². The summed E-state index contributed by atoms with van der Waals surface area (Å²) in [4.78, 5) is 11.0. The Morgan fingerprint density at radius 3 is 2.47 bits per heavy atom. The Morgan fingerprint density at radius 1 is 1.37 bits per heavy atom. The third-order valence-corrected chi connectivity index (χ3v) is 2.84. The normalized spacial score (nSPS) is 12.9. The number of ether oxygens (including phenoxy) is 2. The average Bonchev–Trinajstić information content (AvgIpc) is 2.35. The molecular weight excluding hydrogens is 248 g/mol. The SMILES string of the molecule is COc1cc([C@@H](C)O)ccc1OCC(C)(C)C(=O)O. The number of methoxy groups -OCH3 is 1. The number of carboxylic acid groups (broad SMARTS) is 1. The van der Waals surface area contributed by atoms with E-state index in [2.05, 4.69) is 0 Å². The predicted octanol–water partition coefficient (Wildman–Crippen LogP) is 2.24. The molecule has 0 spiro atoms. The van der Waals surface area contributed by atoms with Crippen molar-refractivity contribution in [1.82, 2.24) is 0 Å². The van der Waals surface area contributed by atoms with Crippen molar-refractivity contribution < 1.29 is 24.5 Å². The maximum absolute atomic E-state index is 11.0. The van der Waals surface area contributed by atoms with Crippen LogP contribution in [0.2, 0.25) is 0 Å². The molecule has 1 aromatic carbocycles. The standard InChI is InChI=1S/C14H20O5/c1-9(15)10-5-6-11(12(7-10)18-4)19-8-14(2,3)13(16)17/h5-7,9,15H,8H2,1-4H3,(H,16,17)/t9-/m1/s1. The van der Waals surface area contributed by atoms with Crippen molar-refractivity contribution in [1.29, 1.82) is 0 Å². The van der Waals surface area contributed by atoms with Gasteiger partial charge in [-0.1, -0.05) is 6.07 Å². The molecule has 0 aromatic heterocycles. The molecule has 19 heavy (non-hydrogen) atoms. The van der Waals surface area contributed by atoms with Crippen LogP contribution in [0.1, 0.15) is 32.4 Å². The van der Waals surface area contributed by atoms with E-state index in [1.54, 1.807) is 39.0 Å². The molecule has 1 aromatic rings. The van der Waals surface area contributed by atoms with Gasteiger partial charge in [0.25, 0.3) is 0 Å². The van der Waals surface area contributed by atoms with Crippen molar-refractivity contribution in [2.45, 2.75) is 26.9 Å². The summed E-state index contributed by atoms with van der Waals surface area (Å²) < 4.78 is 10.7. The van der Waals surface area contributed by atoms with Crippen LogP contribution in [0.25, 0.3) is 0 Å². The fourth-order valence-corrected chi connectivity index (χ4v) is 1.38. The summed E-state index contributed by atoms with van der Waals surface area (Å²) in [6, 6.07) is 5.06. The summed E-state index contributed by atoms with van der Waals surface area (Å²) in [5.74, 6) is 0.00730. The Morgan fingerprint density at radius 2 is 2.00 bits per heavy atom. The third-order valence-electron chi connectivity index (χ3n) is 2.84. The third kappa shape index (κ3) is 3.86. The number of hydrogen-bond donors (Lipinski definition) is 2. The molecule has 0 unspecified atom stereocenters. The van der Waals surface area contributed by atoms with Gasteiger partial charge < -0.3 is 19.7 Å². The topological polar surface area (TPSA) is 76.0 Å². The number of aliphatic carboxylic acids is 1. The van der Waals surface area contributed by atoms with Crippen LogP contribution in [0.5, 0.6) is 11.5 Å². The zero-order valence-electron chi connectivity index (χ0n) is 11.6. The fraction of sp³-hybridized carbons (Fsp3) is 0.500. The number of aliphatic hydroxyl groups excluding tert-OH is 1. The van der Waals surface area contributed by atoms with E-state index in [1.807, 2.05) is 0 Å². The first-order chi connectivity index (χ1) is 8.77. The van der Waals surface area contributed by atoms with Gasteiger partial charge in [0.15, 0.2) is 11.5 Å². The highest BCUT2D eigenvalue weighted by molar-refractivity contribution is 5.73. The molecule has 0 aliphatic rings. The summed E-state index contributed by atoms with van der Waals surface area (Å²) in [5, 5.41) is 18.5. The largest absolute Gasteiger partial charge is 0.493 e. The fourth-order valence-electron chi connectivity index (χ4n) is 1.38. The van der Waals surface area contributed by atoms with Gasteiger partial charge >= 0.3 is 5.97 Å². The monoisotopic (exact) mass is 268 g/mol. The summed E-state index contributed by atoms with van der Waals surface area (Å²) in [5.41, 5.74) is -0.268. The van der Waals surface area contributed by atoms with Crippen LogP contribution in [0.4, 0.5) is 0 Å². The number of rotatable bonds is 6. The van der Waals surface area contributed by atoms with E-state index < -0.39 is 17.5 Å². The molecule has 5 heteroatoms. The molecule has 0 amide bonds. The maximum Gasteiger partial charge on any atom is 0.312 e. The van der Waals surface area contributed by atoms with Crippen LogP contribution >= 0.6 is 0 Å². The number of carbonyl (C=O) groups is 1. The molecule has 1 rings (SSSR count). The van der Waals surface area contributed by atoms with Crippen molar-refractivity contribution in [2.24, 2.45) is 5.41 Å². The van der Waals surface area contributed by atoms with Gasteiger partial charge in [-0.15, -0.1) is 0 Å². The minimum Gasteiger partial charge on any atom is -0.493 e. The highest BCUT2D eigenvalue weighted by atomic mass is 16.5. The zero-order valence-corrected chi connectivity index (χ0v) is 11.6. The second-order valence-electron chi connectivity index (χ2n) is 5.06. The number of benzene rings is 1. The molecule has 0 saturated carbocycles. The van der Waals surface area contributed by atoms with Gasteiger partial charge in [0, 0.05) is 0 Å². The van der Waals surface area contributed by atoms with Gasteiger partial charge in [0.1, 0.15) is 6.61 Å². The minimum absolute atomic E-state index is 0.0344. The van der Waals surface area contributed by atoms with Crippen LogP contribution in [0, 0.1) is 5.41 Å². The smallest absolute Gasteiger partial charge is 0.312 e. The lowest BCUT2D eigenvalue weighted by molar-refractivity contribution is -0.148. The number of hydrogen-bond acceptors (Lipinski definition) is 4. The quantitative estimate of drug-likeness (QED) is 0.827. The molecule has 106 valence electrons. The summed E-state index contributed by atoms with van der Waals surface area (Å²) in [7, 11) is 1.50. The molecule has 0 saturated heterocycles. The van der Waals surface area contributed by atoms with Crippen LogP contribution in [-0.2, 0) is 4.79 Å². The van der Waals surface area contributed by atoms with Crippen LogP contribution in [-0.4, -0.2) is 29.9 Å². The van der Waals surface area contributed by atoms with Crippen LogP contribution in [0.3, 0.4) is 0 Å². The van der Waals surface area contributed by atoms with Crippen molar-refractivity contribution in [2.75, 3.05) is 13.7 Å². The minimum atomic E-state index is -0.978. The molecule has 0 heterocycles. The number of carboxylic acids is 1. The molecule has 0 fully saturated rings. The molecule has 0 aliphatic carbocycles. The van der Waals surface area contributed by atoms with Gasteiger partial charge in [0.2, 0.25) is 0 Å². The van der Waals surface area contributed by atoms with Gasteiger partial charge in [0.05, 0.1) is 18.6 Å². The van der Waals surface area contributed by atoms with Gasteiger partial charge in [-0.3, -0.25) is 4.79 Å². The molecule has 2 N–H and O–H groups in total. The molecule has 0 aliphatic heterocycles.